The Morgan fingerprint density at radius 2 is 1.72 bits per heavy atom. The van der Waals surface area contributed by atoms with Crippen molar-refractivity contribution in [3.05, 3.63) is 100 Å². The molecular formula is C31H32ClN3O. The summed E-state index contributed by atoms with van der Waals surface area (Å²) in [4.78, 5) is 21.0. The Bertz CT molecular complexity index is 1360. The van der Waals surface area contributed by atoms with Gasteiger partial charge in [0, 0.05) is 41.6 Å². The second-order valence-corrected chi connectivity index (χ2v) is 10.1. The van der Waals surface area contributed by atoms with Crippen molar-refractivity contribution in [1.29, 1.82) is 0 Å². The Morgan fingerprint density at radius 1 is 1.00 bits per heavy atom. The summed E-state index contributed by atoms with van der Waals surface area (Å²) in [5.41, 5.74) is 6.72. The van der Waals surface area contributed by atoms with E-state index in [1.807, 2.05) is 25.1 Å². The highest BCUT2D eigenvalue weighted by molar-refractivity contribution is 6.32. The number of aryl methyl sites for hydroxylation is 2. The molecule has 36 heavy (non-hydrogen) atoms. The summed E-state index contributed by atoms with van der Waals surface area (Å²) in [6.07, 6.45) is 2.87. The monoisotopic (exact) mass is 497 g/mol. The summed E-state index contributed by atoms with van der Waals surface area (Å²) in [5, 5.41) is 4.81. The van der Waals surface area contributed by atoms with Gasteiger partial charge in [0.05, 0.1) is 16.8 Å². The largest absolute Gasteiger partial charge is 0.349 e. The number of likely N-dealkylation sites (tertiary alicyclic amines) is 1. The van der Waals surface area contributed by atoms with Crippen LogP contribution in [0.25, 0.3) is 22.2 Å². The number of benzene rings is 3. The van der Waals surface area contributed by atoms with E-state index < -0.39 is 0 Å². The van der Waals surface area contributed by atoms with Gasteiger partial charge in [0.1, 0.15) is 0 Å². The Labute approximate surface area is 218 Å². The number of aromatic nitrogens is 1. The molecule has 0 aliphatic carbocycles. The maximum atomic E-state index is 13.6. The van der Waals surface area contributed by atoms with Crippen molar-refractivity contribution < 1.29 is 4.79 Å². The third-order valence-electron chi connectivity index (χ3n) is 7.24. The van der Waals surface area contributed by atoms with Crippen LogP contribution in [0.15, 0.2) is 72.8 Å². The lowest BCUT2D eigenvalue weighted by Gasteiger charge is -2.32. The molecule has 1 N–H and O–H groups in total. The van der Waals surface area contributed by atoms with Gasteiger partial charge in [-0.05, 0) is 55.0 Å². The molecule has 5 heteroatoms. The van der Waals surface area contributed by atoms with Gasteiger partial charge in [-0.1, -0.05) is 79.2 Å². The van der Waals surface area contributed by atoms with E-state index in [-0.39, 0.29) is 11.9 Å². The van der Waals surface area contributed by atoms with Crippen LogP contribution >= 0.6 is 11.6 Å². The van der Waals surface area contributed by atoms with E-state index in [9.17, 15) is 4.79 Å². The first-order valence-corrected chi connectivity index (χ1v) is 13.2. The molecule has 0 bridgehead atoms. The van der Waals surface area contributed by atoms with Crippen molar-refractivity contribution in [1.82, 2.24) is 15.2 Å². The zero-order valence-electron chi connectivity index (χ0n) is 20.9. The van der Waals surface area contributed by atoms with Gasteiger partial charge in [0.25, 0.3) is 5.91 Å². The third-order valence-corrected chi connectivity index (χ3v) is 7.65. The summed E-state index contributed by atoms with van der Waals surface area (Å²) < 4.78 is 0. The normalized spacial score (nSPS) is 14.8. The maximum absolute atomic E-state index is 13.6. The quantitative estimate of drug-likeness (QED) is 0.318. The number of fused-ring (bicyclic) bond motifs is 1. The molecule has 2 heterocycles. The molecule has 1 aliphatic heterocycles. The summed E-state index contributed by atoms with van der Waals surface area (Å²) in [5.74, 6) is -0.0444. The summed E-state index contributed by atoms with van der Waals surface area (Å²) in [6.45, 7) is 7.01. The molecule has 4 aromatic rings. The highest BCUT2D eigenvalue weighted by Gasteiger charge is 2.23. The number of nitrogens with zero attached hydrogens (tertiary/aromatic N) is 2. The van der Waals surface area contributed by atoms with Crippen LogP contribution in [0.5, 0.6) is 0 Å². The summed E-state index contributed by atoms with van der Waals surface area (Å²) >= 11 is 6.44. The molecule has 3 aromatic carbocycles. The minimum atomic E-state index is -0.0444. The van der Waals surface area contributed by atoms with Crippen molar-refractivity contribution >= 4 is 28.4 Å². The van der Waals surface area contributed by atoms with Gasteiger partial charge >= 0.3 is 0 Å². The zero-order chi connectivity index (χ0) is 25.1. The SMILES string of the molecule is CCc1ccc(-c2cc(C(=O)NC3CCN(Cc4ccccc4)CC3)c3ccc(Cl)c(C)c3n2)cc1. The minimum Gasteiger partial charge on any atom is -0.349 e. The minimum absolute atomic E-state index is 0.0444. The average molecular weight is 498 g/mol. The third kappa shape index (κ3) is 5.30. The first kappa shape index (κ1) is 24.5. The van der Waals surface area contributed by atoms with Crippen molar-refractivity contribution in [2.45, 2.75) is 45.7 Å². The fourth-order valence-corrected chi connectivity index (χ4v) is 5.14. The molecule has 0 unspecified atom stereocenters. The van der Waals surface area contributed by atoms with E-state index in [0.29, 0.717) is 10.6 Å². The molecule has 184 valence electrons. The molecule has 5 rings (SSSR count). The Kier molecular flexibility index (Phi) is 7.35. The van der Waals surface area contributed by atoms with Crippen LogP contribution in [0, 0.1) is 6.92 Å². The number of rotatable bonds is 6. The fraction of sp³-hybridized carbons (Fsp3) is 0.290. The highest BCUT2D eigenvalue weighted by atomic mass is 35.5. The van der Waals surface area contributed by atoms with Crippen molar-refractivity contribution in [3.8, 4) is 11.3 Å². The molecule has 1 aliphatic rings. The van der Waals surface area contributed by atoms with Gasteiger partial charge in [-0.15, -0.1) is 0 Å². The van der Waals surface area contributed by atoms with Gasteiger partial charge in [0.2, 0.25) is 0 Å². The lowest BCUT2D eigenvalue weighted by Crippen LogP contribution is -2.44. The predicted molar refractivity (Wildman–Crippen MR) is 149 cm³/mol. The number of piperidine rings is 1. The number of amides is 1. The van der Waals surface area contributed by atoms with Crippen LogP contribution < -0.4 is 5.32 Å². The standard InChI is InChI=1S/C31H32ClN3O/c1-3-22-9-11-24(12-10-22)29-19-27(26-13-14-28(32)21(2)30(26)34-29)31(36)33-25-15-17-35(18-16-25)20-23-7-5-4-6-8-23/h4-14,19,25H,3,15-18,20H2,1-2H3,(H,33,36). The van der Waals surface area contributed by atoms with E-state index >= 15 is 0 Å². The number of nitrogens with one attached hydrogen (secondary N) is 1. The van der Waals surface area contributed by atoms with E-state index in [2.05, 4.69) is 71.7 Å². The number of hydrogen-bond acceptors (Lipinski definition) is 3. The van der Waals surface area contributed by atoms with Gasteiger partial charge < -0.3 is 5.32 Å². The molecular weight excluding hydrogens is 466 g/mol. The second-order valence-electron chi connectivity index (χ2n) is 9.68. The molecule has 1 amide bonds. The van der Waals surface area contributed by atoms with E-state index in [4.69, 9.17) is 16.6 Å². The lowest BCUT2D eigenvalue weighted by atomic mass is 9.99. The molecule has 1 fully saturated rings. The summed E-state index contributed by atoms with van der Waals surface area (Å²) in [6, 6.07) is 24.8. The Balaban J connectivity index is 1.37. The fourth-order valence-electron chi connectivity index (χ4n) is 4.99. The van der Waals surface area contributed by atoms with Crippen LogP contribution in [0.1, 0.15) is 46.8 Å². The number of carbonyl (C=O) groups excluding carboxylic acids is 1. The van der Waals surface area contributed by atoms with Crippen LogP contribution in [0.3, 0.4) is 0 Å². The lowest BCUT2D eigenvalue weighted by molar-refractivity contribution is 0.0910. The van der Waals surface area contributed by atoms with E-state index in [1.54, 1.807) is 0 Å². The van der Waals surface area contributed by atoms with E-state index in [1.165, 1.54) is 11.1 Å². The molecule has 0 atom stereocenters. The second kappa shape index (κ2) is 10.8. The van der Waals surface area contributed by atoms with Crippen LogP contribution in [-0.4, -0.2) is 34.9 Å². The van der Waals surface area contributed by atoms with Gasteiger partial charge in [-0.2, -0.15) is 0 Å². The van der Waals surface area contributed by atoms with Crippen molar-refractivity contribution in [2.24, 2.45) is 0 Å². The van der Waals surface area contributed by atoms with Gasteiger partial charge in [-0.3, -0.25) is 9.69 Å². The number of halogens is 1. The number of hydrogen-bond donors (Lipinski definition) is 1. The molecule has 0 radical (unpaired) electrons. The topological polar surface area (TPSA) is 45.2 Å². The van der Waals surface area contributed by atoms with E-state index in [0.717, 1.165) is 66.6 Å². The van der Waals surface area contributed by atoms with Crippen molar-refractivity contribution in [3.63, 3.8) is 0 Å². The number of carbonyl (C=O) groups is 1. The average Bonchev–Trinajstić information content (AvgIpc) is 2.92. The first-order valence-electron chi connectivity index (χ1n) is 12.8. The maximum Gasteiger partial charge on any atom is 0.252 e. The first-order chi connectivity index (χ1) is 17.5. The molecule has 4 nitrogen and oxygen atoms in total. The predicted octanol–water partition coefficient (Wildman–Crippen LogP) is 6.82. The van der Waals surface area contributed by atoms with Crippen LogP contribution in [0.2, 0.25) is 5.02 Å². The highest BCUT2D eigenvalue weighted by Crippen LogP contribution is 2.30. The smallest absolute Gasteiger partial charge is 0.252 e. The molecule has 1 saturated heterocycles. The van der Waals surface area contributed by atoms with Crippen molar-refractivity contribution in [2.75, 3.05) is 13.1 Å². The van der Waals surface area contributed by atoms with Crippen LogP contribution in [-0.2, 0) is 13.0 Å². The molecule has 0 saturated carbocycles. The number of pyridine rings is 1. The van der Waals surface area contributed by atoms with Crippen LogP contribution in [0.4, 0.5) is 0 Å². The summed E-state index contributed by atoms with van der Waals surface area (Å²) in [7, 11) is 0. The Hall–Kier alpha value is -3.21. The Morgan fingerprint density at radius 3 is 2.42 bits per heavy atom. The van der Waals surface area contributed by atoms with Gasteiger partial charge in [-0.25, -0.2) is 4.98 Å². The molecule has 1 aromatic heterocycles. The zero-order valence-corrected chi connectivity index (χ0v) is 21.7. The van der Waals surface area contributed by atoms with Gasteiger partial charge in [0.15, 0.2) is 0 Å². The molecule has 0 spiro atoms.